The minimum atomic E-state index is -0.0464. The number of hydrogen-bond donors (Lipinski definition) is 0. The molecule has 8 rings (SSSR count). The highest BCUT2D eigenvalue weighted by atomic mass is 15.1. The Hall–Kier alpha value is -5.92. The predicted molar refractivity (Wildman–Crippen MR) is 219 cm³/mol. The summed E-state index contributed by atoms with van der Waals surface area (Å²) in [5, 5.41) is 0. The van der Waals surface area contributed by atoms with E-state index < -0.39 is 0 Å². The third-order valence-corrected chi connectivity index (χ3v) is 10.9. The summed E-state index contributed by atoms with van der Waals surface area (Å²) in [5.41, 5.74) is 17.8. The van der Waals surface area contributed by atoms with Gasteiger partial charge in [-0.3, -0.25) is 0 Å². The lowest BCUT2D eigenvalue weighted by molar-refractivity contribution is 0.490. The van der Waals surface area contributed by atoms with Crippen LogP contribution in [0.4, 0.5) is 17.1 Å². The van der Waals surface area contributed by atoms with Gasteiger partial charge in [0.1, 0.15) is 0 Å². The van der Waals surface area contributed by atoms with Gasteiger partial charge in [0.05, 0.1) is 0 Å². The van der Waals surface area contributed by atoms with Gasteiger partial charge in [-0.1, -0.05) is 159 Å². The summed E-state index contributed by atoms with van der Waals surface area (Å²) in [7, 11) is 0. The van der Waals surface area contributed by atoms with Crippen LogP contribution in [0.15, 0.2) is 170 Å². The van der Waals surface area contributed by atoms with E-state index in [1.807, 2.05) is 0 Å². The van der Waals surface area contributed by atoms with Gasteiger partial charge in [-0.15, -0.1) is 0 Å². The highest BCUT2D eigenvalue weighted by molar-refractivity contribution is 5.88. The molecular weight excluding hydrogens is 615 g/mol. The fourth-order valence-corrected chi connectivity index (χ4v) is 8.22. The molecule has 0 fully saturated rings. The molecule has 0 aliphatic heterocycles. The lowest BCUT2D eigenvalue weighted by Crippen LogP contribution is -2.23. The first kappa shape index (κ1) is 32.3. The highest BCUT2D eigenvalue weighted by Crippen LogP contribution is 2.54. The molecule has 51 heavy (non-hydrogen) atoms. The standard InChI is InChI=1S/C50H43N/c1-4-50(5-2)47-34-38(25-24-37-26-29-40(30-27-37)49-36(3)16-15-23-44(49)39-17-9-6-10-18-39)28-32-45(47)46-33-31-43(35-48(46)50)51(41-19-11-7-12-20-41)42-21-13-8-14-22-42/h6-35H,4-5H2,1-3H3/b25-24+. The van der Waals surface area contributed by atoms with Crippen molar-refractivity contribution >= 4 is 29.2 Å². The van der Waals surface area contributed by atoms with Crippen LogP contribution in [0.1, 0.15) is 54.5 Å². The van der Waals surface area contributed by atoms with Gasteiger partial charge in [0.15, 0.2) is 0 Å². The molecule has 0 amide bonds. The number of nitrogens with zero attached hydrogens (tertiary/aromatic N) is 1. The van der Waals surface area contributed by atoms with Gasteiger partial charge in [-0.2, -0.15) is 0 Å². The molecule has 1 aliphatic carbocycles. The van der Waals surface area contributed by atoms with E-state index in [0.717, 1.165) is 24.2 Å². The summed E-state index contributed by atoms with van der Waals surface area (Å²) >= 11 is 0. The molecular formula is C50H43N. The van der Waals surface area contributed by atoms with E-state index in [1.165, 1.54) is 66.9 Å². The molecule has 0 N–H and O–H groups in total. The predicted octanol–water partition coefficient (Wildman–Crippen LogP) is 14.1. The molecule has 0 radical (unpaired) electrons. The number of rotatable bonds is 9. The second-order valence-corrected chi connectivity index (χ2v) is 13.6. The van der Waals surface area contributed by atoms with E-state index in [0.29, 0.717) is 0 Å². The zero-order valence-corrected chi connectivity index (χ0v) is 29.7. The van der Waals surface area contributed by atoms with Crippen molar-refractivity contribution in [2.45, 2.75) is 39.0 Å². The van der Waals surface area contributed by atoms with E-state index in [9.17, 15) is 0 Å². The number of fused-ring (bicyclic) bond motifs is 3. The van der Waals surface area contributed by atoms with Crippen LogP contribution < -0.4 is 4.90 Å². The Balaban J connectivity index is 1.11. The van der Waals surface area contributed by atoms with E-state index in [4.69, 9.17) is 0 Å². The molecule has 0 bridgehead atoms. The molecule has 1 nitrogen and oxygen atoms in total. The van der Waals surface area contributed by atoms with Crippen molar-refractivity contribution < 1.29 is 0 Å². The van der Waals surface area contributed by atoms with Gasteiger partial charge in [0.25, 0.3) is 0 Å². The molecule has 0 saturated heterocycles. The summed E-state index contributed by atoms with van der Waals surface area (Å²) in [6.45, 7) is 6.91. The van der Waals surface area contributed by atoms with Crippen LogP contribution in [-0.2, 0) is 5.41 Å². The molecule has 0 saturated carbocycles. The van der Waals surface area contributed by atoms with Crippen molar-refractivity contribution in [1.82, 2.24) is 0 Å². The van der Waals surface area contributed by atoms with Crippen LogP contribution in [0.5, 0.6) is 0 Å². The number of anilines is 3. The molecule has 7 aromatic rings. The number of hydrogen-bond acceptors (Lipinski definition) is 1. The Morgan fingerprint density at radius 2 is 1.00 bits per heavy atom. The van der Waals surface area contributed by atoms with Gasteiger partial charge in [-0.25, -0.2) is 0 Å². The van der Waals surface area contributed by atoms with Crippen LogP contribution in [0, 0.1) is 6.92 Å². The van der Waals surface area contributed by atoms with E-state index >= 15 is 0 Å². The fourth-order valence-electron chi connectivity index (χ4n) is 8.22. The summed E-state index contributed by atoms with van der Waals surface area (Å²) in [5.74, 6) is 0. The van der Waals surface area contributed by atoms with Gasteiger partial charge < -0.3 is 4.90 Å². The molecule has 1 heteroatoms. The van der Waals surface area contributed by atoms with Crippen molar-refractivity contribution in [1.29, 1.82) is 0 Å². The molecule has 0 unspecified atom stereocenters. The topological polar surface area (TPSA) is 3.24 Å². The Morgan fingerprint density at radius 3 is 1.63 bits per heavy atom. The maximum atomic E-state index is 2.46. The first-order valence-electron chi connectivity index (χ1n) is 18.2. The van der Waals surface area contributed by atoms with Crippen LogP contribution in [0.2, 0.25) is 0 Å². The van der Waals surface area contributed by atoms with E-state index in [-0.39, 0.29) is 5.41 Å². The summed E-state index contributed by atoms with van der Waals surface area (Å²) in [4.78, 5) is 2.38. The summed E-state index contributed by atoms with van der Waals surface area (Å²) in [6, 6.07) is 61.9. The zero-order valence-electron chi connectivity index (χ0n) is 29.7. The minimum Gasteiger partial charge on any atom is -0.310 e. The Morgan fingerprint density at radius 1 is 0.451 bits per heavy atom. The maximum Gasteiger partial charge on any atom is 0.0465 e. The average molecular weight is 658 g/mol. The van der Waals surface area contributed by atoms with Crippen molar-refractivity contribution in [3.05, 3.63) is 198 Å². The largest absolute Gasteiger partial charge is 0.310 e. The van der Waals surface area contributed by atoms with Crippen molar-refractivity contribution in [2.75, 3.05) is 4.90 Å². The van der Waals surface area contributed by atoms with Crippen molar-refractivity contribution in [3.8, 4) is 33.4 Å². The molecule has 248 valence electrons. The van der Waals surface area contributed by atoms with E-state index in [1.54, 1.807) is 0 Å². The third-order valence-electron chi connectivity index (χ3n) is 10.9. The van der Waals surface area contributed by atoms with Gasteiger partial charge >= 0.3 is 0 Å². The molecule has 0 heterocycles. The number of aryl methyl sites for hydroxylation is 1. The first-order chi connectivity index (χ1) is 25.1. The van der Waals surface area contributed by atoms with Crippen LogP contribution in [0.25, 0.3) is 45.5 Å². The van der Waals surface area contributed by atoms with Crippen LogP contribution in [0.3, 0.4) is 0 Å². The van der Waals surface area contributed by atoms with Crippen LogP contribution in [-0.4, -0.2) is 0 Å². The lowest BCUT2D eigenvalue weighted by atomic mass is 9.73. The Bertz CT molecular complexity index is 2270. The SMILES string of the molecule is CCC1(CC)c2cc(/C=C/c3ccc(-c4c(C)cccc4-c4ccccc4)cc3)ccc2-c2ccc(N(c3ccccc3)c3ccccc3)cc21. The molecule has 7 aromatic carbocycles. The maximum absolute atomic E-state index is 2.46. The summed E-state index contributed by atoms with van der Waals surface area (Å²) < 4.78 is 0. The monoisotopic (exact) mass is 657 g/mol. The first-order valence-corrected chi connectivity index (χ1v) is 18.2. The molecule has 1 aliphatic rings. The van der Waals surface area contributed by atoms with Gasteiger partial charge in [-0.05, 0) is 117 Å². The van der Waals surface area contributed by atoms with Crippen LogP contribution >= 0.6 is 0 Å². The molecule has 0 atom stereocenters. The smallest absolute Gasteiger partial charge is 0.0465 e. The quantitative estimate of drug-likeness (QED) is 0.140. The number of para-hydroxylation sites is 2. The zero-order chi connectivity index (χ0) is 34.8. The van der Waals surface area contributed by atoms with Gasteiger partial charge in [0, 0.05) is 22.5 Å². The average Bonchev–Trinajstić information content (AvgIpc) is 3.47. The third kappa shape index (κ3) is 5.89. The normalized spacial score (nSPS) is 12.8. The fraction of sp³-hybridized carbons (Fsp3) is 0.120. The second-order valence-electron chi connectivity index (χ2n) is 13.6. The lowest BCUT2D eigenvalue weighted by Gasteiger charge is -2.32. The number of benzene rings is 7. The highest BCUT2D eigenvalue weighted by Gasteiger charge is 2.41. The Kier molecular flexibility index (Phi) is 8.72. The van der Waals surface area contributed by atoms with Crippen molar-refractivity contribution in [2.24, 2.45) is 0 Å². The second kappa shape index (κ2) is 13.8. The minimum absolute atomic E-state index is 0.0464. The van der Waals surface area contributed by atoms with E-state index in [2.05, 4.69) is 208 Å². The van der Waals surface area contributed by atoms with Crippen molar-refractivity contribution in [3.63, 3.8) is 0 Å². The Labute approximate surface area is 303 Å². The summed E-state index contributed by atoms with van der Waals surface area (Å²) in [6.07, 6.45) is 6.61. The molecule has 0 aromatic heterocycles. The van der Waals surface area contributed by atoms with Gasteiger partial charge in [0.2, 0.25) is 0 Å². The molecule has 0 spiro atoms.